The number of rotatable bonds is 4. The lowest BCUT2D eigenvalue weighted by atomic mass is 10.2. The van der Waals surface area contributed by atoms with Crippen molar-refractivity contribution in [3.63, 3.8) is 0 Å². The first-order valence-electron chi connectivity index (χ1n) is 5.98. The van der Waals surface area contributed by atoms with E-state index in [1.54, 1.807) is 0 Å². The summed E-state index contributed by atoms with van der Waals surface area (Å²) < 4.78 is 38.6. The van der Waals surface area contributed by atoms with Gasteiger partial charge in [0.15, 0.2) is 0 Å². The van der Waals surface area contributed by atoms with Gasteiger partial charge >= 0.3 is 6.18 Å². The lowest BCUT2D eigenvalue weighted by Crippen LogP contribution is -2.39. The highest BCUT2D eigenvalue weighted by Crippen LogP contribution is 2.51. The Balaban J connectivity index is 2.28. The molecule has 1 aromatic heterocycles. The summed E-state index contributed by atoms with van der Waals surface area (Å²) in [7, 11) is 0. The van der Waals surface area contributed by atoms with Crippen molar-refractivity contribution in [2.75, 3.05) is 10.7 Å². The molecule has 1 fully saturated rings. The molecule has 4 N–H and O–H groups in total. The summed E-state index contributed by atoms with van der Waals surface area (Å²) in [6.07, 6.45) is -4.17. The summed E-state index contributed by atoms with van der Waals surface area (Å²) in [6, 6.07) is 1.37. The number of halogens is 3. The average Bonchev–Trinajstić information content (AvgIpc) is 3.08. The summed E-state index contributed by atoms with van der Waals surface area (Å²) in [5.74, 6) is 6.13. The molecule has 0 aliphatic heterocycles. The Morgan fingerprint density at radius 1 is 1.26 bits per heavy atom. The second kappa shape index (κ2) is 4.52. The molecule has 1 aromatic rings. The van der Waals surface area contributed by atoms with E-state index in [2.05, 4.69) is 20.7 Å². The lowest BCUT2D eigenvalue weighted by Gasteiger charge is -2.22. The van der Waals surface area contributed by atoms with Crippen molar-refractivity contribution in [2.45, 2.75) is 44.3 Å². The molecule has 0 amide bonds. The number of aromatic nitrogens is 2. The monoisotopic (exact) mass is 275 g/mol. The topological polar surface area (TPSA) is 75.9 Å². The Labute approximate surface area is 108 Å². The number of hydrogen-bond acceptors (Lipinski definition) is 5. The molecular formula is C11H16F3N5. The molecular weight excluding hydrogens is 259 g/mol. The molecule has 0 atom stereocenters. The van der Waals surface area contributed by atoms with Crippen LogP contribution in [0.2, 0.25) is 0 Å². The molecule has 0 saturated heterocycles. The Morgan fingerprint density at radius 3 is 2.26 bits per heavy atom. The first-order valence-corrected chi connectivity index (χ1v) is 5.98. The van der Waals surface area contributed by atoms with Gasteiger partial charge in [0.05, 0.1) is 0 Å². The Bertz CT molecular complexity index is 468. The predicted molar refractivity (Wildman–Crippen MR) is 65.6 cm³/mol. The van der Waals surface area contributed by atoms with Gasteiger partial charge in [-0.3, -0.25) is 0 Å². The van der Waals surface area contributed by atoms with E-state index in [9.17, 15) is 13.2 Å². The standard InChI is InChI=1S/C11H16F3N5/c1-6(2)9-16-7(5-8(17-9)19-15)18-10(3-4-10)11(12,13)14/h5-6H,3-4,15H2,1-2H3,(H2,16,17,18,19). The number of alkyl halides is 3. The zero-order valence-corrected chi connectivity index (χ0v) is 10.7. The van der Waals surface area contributed by atoms with Crippen LogP contribution in [0.4, 0.5) is 24.8 Å². The van der Waals surface area contributed by atoms with Crippen LogP contribution in [0.25, 0.3) is 0 Å². The van der Waals surface area contributed by atoms with Crippen molar-refractivity contribution in [1.29, 1.82) is 0 Å². The molecule has 106 valence electrons. The van der Waals surface area contributed by atoms with E-state index >= 15 is 0 Å². The zero-order valence-electron chi connectivity index (χ0n) is 10.7. The summed E-state index contributed by atoms with van der Waals surface area (Å²) in [6.45, 7) is 3.71. The Hall–Kier alpha value is -1.57. The average molecular weight is 275 g/mol. The normalized spacial score (nSPS) is 17.4. The molecule has 1 saturated carbocycles. The second-order valence-corrected chi connectivity index (χ2v) is 5.00. The van der Waals surface area contributed by atoms with Crippen molar-refractivity contribution in [2.24, 2.45) is 5.84 Å². The van der Waals surface area contributed by atoms with Crippen molar-refractivity contribution < 1.29 is 13.2 Å². The lowest BCUT2D eigenvalue weighted by molar-refractivity contribution is -0.151. The molecule has 0 radical (unpaired) electrons. The van der Waals surface area contributed by atoms with Gasteiger partial charge in [-0.1, -0.05) is 13.8 Å². The smallest absolute Gasteiger partial charge is 0.356 e. The van der Waals surface area contributed by atoms with Gasteiger partial charge < -0.3 is 10.7 Å². The highest BCUT2D eigenvalue weighted by atomic mass is 19.4. The maximum absolute atomic E-state index is 12.9. The summed E-state index contributed by atoms with van der Waals surface area (Å²) in [5.41, 5.74) is 0.489. The number of nitrogens with two attached hydrogens (primary N) is 1. The van der Waals surface area contributed by atoms with Crippen LogP contribution in [0, 0.1) is 0 Å². The van der Waals surface area contributed by atoms with E-state index in [4.69, 9.17) is 5.84 Å². The van der Waals surface area contributed by atoms with Gasteiger partial charge in [-0.15, -0.1) is 0 Å². The predicted octanol–water partition coefficient (Wildman–Crippen LogP) is 2.39. The molecule has 1 aliphatic carbocycles. The second-order valence-electron chi connectivity index (χ2n) is 5.00. The minimum Gasteiger partial charge on any atom is -0.356 e. The van der Waals surface area contributed by atoms with E-state index in [0.717, 1.165) is 0 Å². The fraction of sp³-hybridized carbons (Fsp3) is 0.636. The number of nitrogen functional groups attached to an aromatic ring is 1. The van der Waals surface area contributed by atoms with Gasteiger partial charge in [-0.2, -0.15) is 13.2 Å². The third kappa shape index (κ3) is 2.73. The molecule has 1 heterocycles. The van der Waals surface area contributed by atoms with E-state index in [0.29, 0.717) is 11.6 Å². The van der Waals surface area contributed by atoms with Gasteiger partial charge in [-0.25, -0.2) is 15.8 Å². The number of nitrogens with zero attached hydrogens (tertiary/aromatic N) is 2. The number of anilines is 2. The van der Waals surface area contributed by atoms with Crippen LogP contribution in [-0.2, 0) is 0 Å². The van der Waals surface area contributed by atoms with Crippen LogP contribution in [-0.4, -0.2) is 21.7 Å². The molecule has 5 nitrogen and oxygen atoms in total. The van der Waals surface area contributed by atoms with Crippen molar-refractivity contribution >= 4 is 11.6 Å². The van der Waals surface area contributed by atoms with Crippen LogP contribution < -0.4 is 16.6 Å². The molecule has 0 aromatic carbocycles. The van der Waals surface area contributed by atoms with Crippen LogP contribution in [0.1, 0.15) is 38.4 Å². The maximum atomic E-state index is 12.9. The minimum absolute atomic E-state index is 0.00473. The summed E-state index contributed by atoms with van der Waals surface area (Å²) in [4.78, 5) is 8.20. The highest BCUT2D eigenvalue weighted by Gasteiger charge is 2.63. The van der Waals surface area contributed by atoms with Crippen LogP contribution in [0.5, 0.6) is 0 Å². The van der Waals surface area contributed by atoms with Gasteiger partial charge in [0.2, 0.25) is 0 Å². The molecule has 2 rings (SSSR count). The molecule has 19 heavy (non-hydrogen) atoms. The largest absolute Gasteiger partial charge is 0.411 e. The quantitative estimate of drug-likeness (QED) is 0.581. The number of hydrazine groups is 1. The van der Waals surface area contributed by atoms with Crippen LogP contribution in [0.3, 0.4) is 0 Å². The van der Waals surface area contributed by atoms with Crippen molar-refractivity contribution in [3.8, 4) is 0 Å². The molecule has 0 unspecified atom stereocenters. The van der Waals surface area contributed by atoms with E-state index in [1.165, 1.54) is 6.07 Å². The van der Waals surface area contributed by atoms with Crippen LogP contribution in [0.15, 0.2) is 6.07 Å². The number of nitrogens with one attached hydrogen (secondary N) is 2. The fourth-order valence-electron chi connectivity index (χ4n) is 1.71. The van der Waals surface area contributed by atoms with Crippen LogP contribution >= 0.6 is 0 Å². The van der Waals surface area contributed by atoms with Crippen molar-refractivity contribution in [1.82, 2.24) is 9.97 Å². The van der Waals surface area contributed by atoms with Gasteiger partial charge in [0.1, 0.15) is 23.0 Å². The third-order valence-electron chi connectivity index (χ3n) is 3.07. The van der Waals surface area contributed by atoms with Gasteiger partial charge in [0, 0.05) is 12.0 Å². The SMILES string of the molecule is CC(C)c1nc(NN)cc(NC2(C(F)(F)F)CC2)n1. The Kier molecular flexibility index (Phi) is 3.29. The molecule has 1 aliphatic rings. The fourth-order valence-corrected chi connectivity index (χ4v) is 1.71. The first kappa shape index (κ1) is 13.9. The van der Waals surface area contributed by atoms with E-state index in [1.807, 2.05) is 13.8 Å². The Morgan fingerprint density at radius 2 is 1.84 bits per heavy atom. The molecule has 0 spiro atoms. The van der Waals surface area contributed by atoms with E-state index in [-0.39, 0.29) is 24.6 Å². The van der Waals surface area contributed by atoms with E-state index < -0.39 is 11.7 Å². The first-order chi connectivity index (χ1) is 8.77. The highest BCUT2D eigenvalue weighted by molar-refractivity contribution is 5.50. The number of hydrogen-bond donors (Lipinski definition) is 3. The molecule has 0 bridgehead atoms. The third-order valence-corrected chi connectivity index (χ3v) is 3.07. The van der Waals surface area contributed by atoms with Gasteiger partial charge in [-0.05, 0) is 12.8 Å². The maximum Gasteiger partial charge on any atom is 0.411 e. The summed E-state index contributed by atoms with van der Waals surface area (Å²) in [5, 5.41) is 2.47. The molecule has 8 heteroatoms. The zero-order chi connectivity index (χ0) is 14.3. The van der Waals surface area contributed by atoms with Gasteiger partial charge in [0.25, 0.3) is 0 Å². The summed E-state index contributed by atoms with van der Waals surface area (Å²) >= 11 is 0. The minimum atomic E-state index is -4.29. The van der Waals surface area contributed by atoms with Crippen molar-refractivity contribution in [3.05, 3.63) is 11.9 Å².